The molecule has 1 aromatic rings. The fraction of sp³-hybridized carbons (Fsp3) is 0.600. The van der Waals surface area contributed by atoms with Gasteiger partial charge >= 0.3 is 0 Å². The second-order valence-electron chi connectivity index (χ2n) is 5.13. The molecule has 1 aromatic carbocycles. The van der Waals surface area contributed by atoms with Gasteiger partial charge in [-0.05, 0) is 36.7 Å². The number of hydrogen-bond donors (Lipinski definition) is 1. The summed E-state index contributed by atoms with van der Waals surface area (Å²) in [7, 11) is 1.67. The first-order chi connectivity index (χ1) is 9.28. The van der Waals surface area contributed by atoms with Crippen LogP contribution in [0.15, 0.2) is 24.3 Å². The quantitative estimate of drug-likeness (QED) is 0.876. The minimum Gasteiger partial charge on any atom is -0.497 e. The van der Waals surface area contributed by atoms with Crippen LogP contribution in [0.25, 0.3) is 0 Å². The molecule has 0 bridgehead atoms. The first-order valence-electron chi connectivity index (χ1n) is 6.98. The highest BCUT2D eigenvalue weighted by molar-refractivity contribution is 5.31. The van der Waals surface area contributed by atoms with Crippen LogP contribution in [0.1, 0.15) is 6.92 Å². The highest BCUT2D eigenvalue weighted by atomic mass is 16.5. The average Bonchev–Trinajstić information content (AvgIpc) is 2.64. The molecule has 0 saturated carbocycles. The van der Waals surface area contributed by atoms with Crippen LogP contribution in [0.4, 0.5) is 0 Å². The van der Waals surface area contributed by atoms with Gasteiger partial charge in [-0.1, -0.05) is 6.92 Å². The Labute approximate surface area is 115 Å². The van der Waals surface area contributed by atoms with Gasteiger partial charge in [0.1, 0.15) is 18.1 Å². The Bertz CT molecular complexity index is 367. The Morgan fingerprint density at radius 1 is 1.26 bits per heavy atom. The molecule has 106 valence electrons. The van der Waals surface area contributed by atoms with Crippen LogP contribution in [-0.2, 0) is 0 Å². The molecule has 1 aliphatic heterocycles. The van der Waals surface area contributed by atoms with Crippen molar-refractivity contribution in [3.05, 3.63) is 24.3 Å². The van der Waals surface area contributed by atoms with E-state index in [1.54, 1.807) is 7.11 Å². The Morgan fingerprint density at radius 2 is 2.00 bits per heavy atom. The number of nitrogens with one attached hydrogen (secondary N) is 1. The normalized spacial score (nSPS) is 20.8. The zero-order valence-corrected chi connectivity index (χ0v) is 11.9. The highest BCUT2D eigenvalue weighted by Crippen LogP contribution is 2.16. The molecule has 1 unspecified atom stereocenters. The van der Waals surface area contributed by atoms with Gasteiger partial charge in [0.15, 0.2) is 0 Å². The number of benzene rings is 1. The number of hydrogen-bond acceptors (Lipinski definition) is 4. The van der Waals surface area contributed by atoms with Crippen molar-refractivity contribution in [2.24, 2.45) is 5.92 Å². The van der Waals surface area contributed by atoms with Gasteiger partial charge in [0.05, 0.1) is 7.11 Å². The van der Waals surface area contributed by atoms with Gasteiger partial charge in [-0.3, -0.25) is 4.90 Å². The van der Waals surface area contributed by atoms with Crippen LogP contribution in [0.2, 0.25) is 0 Å². The highest BCUT2D eigenvalue weighted by Gasteiger charge is 2.13. The number of ether oxygens (including phenoxy) is 2. The summed E-state index contributed by atoms with van der Waals surface area (Å²) in [5.41, 5.74) is 0. The molecule has 1 aliphatic rings. The van der Waals surface area contributed by atoms with Gasteiger partial charge in [-0.2, -0.15) is 0 Å². The summed E-state index contributed by atoms with van der Waals surface area (Å²) < 4.78 is 10.9. The van der Waals surface area contributed by atoms with Gasteiger partial charge in [0.25, 0.3) is 0 Å². The molecule has 0 amide bonds. The maximum Gasteiger partial charge on any atom is 0.119 e. The zero-order valence-electron chi connectivity index (χ0n) is 11.9. The zero-order chi connectivity index (χ0) is 13.5. The molecule has 4 heteroatoms. The molecule has 19 heavy (non-hydrogen) atoms. The van der Waals surface area contributed by atoms with Crippen LogP contribution in [0.5, 0.6) is 11.5 Å². The number of rotatable bonds is 5. The van der Waals surface area contributed by atoms with Crippen molar-refractivity contribution in [2.75, 3.05) is 46.4 Å². The monoisotopic (exact) mass is 264 g/mol. The van der Waals surface area contributed by atoms with E-state index in [0.717, 1.165) is 50.8 Å². The lowest BCUT2D eigenvalue weighted by molar-refractivity contribution is 0.204. The molecule has 0 aliphatic carbocycles. The SMILES string of the molecule is COc1ccc(OCCN2CCNCC(C)C2)cc1. The van der Waals surface area contributed by atoms with Crippen molar-refractivity contribution in [2.45, 2.75) is 6.92 Å². The van der Waals surface area contributed by atoms with E-state index in [2.05, 4.69) is 17.1 Å². The Hall–Kier alpha value is -1.26. The molecule has 1 N–H and O–H groups in total. The van der Waals surface area contributed by atoms with Crippen LogP contribution >= 0.6 is 0 Å². The van der Waals surface area contributed by atoms with E-state index in [1.165, 1.54) is 0 Å². The predicted octanol–water partition coefficient (Wildman–Crippen LogP) is 1.62. The standard InChI is InChI=1S/C15H24N2O2/c1-13-11-16-7-8-17(12-13)9-10-19-15-5-3-14(18-2)4-6-15/h3-6,13,16H,7-12H2,1-2H3. The van der Waals surface area contributed by atoms with Crippen molar-refractivity contribution in [1.29, 1.82) is 0 Å². The summed E-state index contributed by atoms with van der Waals surface area (Å²) >= 11 is 0. The van der Waals surface area contributed by atoms with Gasteiger partial charge in [-0.25, -0.2) is 0 Å². The Morgan fingerprint density at radius 3 is 2.74 bits per heavy atom. The maximum absolute atomic E-state index is 5.77. The third kappa shape index (κ3) is 4.73. The van der Waals surface area contributed by atoms with Gasteiger partial charge in [0.2, 0.25) is 0 Å². The third-order valence-corrected chi connectivity index (χ3v) is 3.40. The van der Waals surface area contributed by atoms with Gasteiger partial charge < -0.3 is 14.8 Å². The summed E-state index contributed by atoms with van der Waals surface area (Å²) in [5.74, 6) is 2.48. The van der Waals surface area contributed by atoms with E-state index >= 15 is 0 Å². The molecule has 0 spiro atoms. The molecule has 1 fully saturated rings. The topological polar surface area (TPSA) is 33.7 Å². The summed E-state index contributed by atoms with van der Waals surface area (Å²) in [6.07, 6.45) is 0. The van der Waals surface area contributed by atoms with E-state index in [1.807, 2.05) is 24.3 Å². The lowest BCUT2D eigenvalue weighted by Crippen LogP contribution is -2.33. The summed E-state index contributed by atoms with van der Waals surface area (Å²) in [6, 6.07) is 7.75. The summed E-state index contributed by atoms with van der Waals surface area (Å²) in [5, 5.41) is 3.45. The van der Waals surface area contributed by atoms with E-state index in [9.17, 15) is 0 Å². The first kappa shape index (κ1) is 14.2. The summed E-state index contributed by atoms with van der Waals surface area (Å²) in [4.78, 5) is 2.47. The molecule has 0 aromatic heterocycles. The van der Waals surface area contributed by atoms with Crippen molar-refractivity contribution in [3.8, 4) is 11.5 Å². The average molecular weight is 264 g/mol. The van der Waals surface area contributed by atoms with Crippen LogP contribution in [-0.4, -0.2) is 51.3 Å². The molecule has 1 atom stereocenters. The van der Waals surface area contributed by atoms with Crippen LogP contribution < -0.4 is 14.8 Å². The molecule has 2 rings (SSSR count). The fourth-order valence-corrected chi connectivity index (χ4v) is 2.35. The van der Waals surface area contributed by atoms with E-state index in [4.69, 9.17) is 9.47 Å². The second-order valence-corrected chi connectivity index (χ2v) is 5.13. The lowest BCUT2D eigenvalue weighted by atomic mass is 10.2. The second kappa shape index (κ2) is 7.36. The van der Waals surface area contributed by atoms with Crippen LogP contribution in [0, 0.1) is 5.92 Å². The molecular formula is C15H24N2O2. The maximum atomic E-state index is 5.77. The smallest absolute Gasteiger partial charge is 0.119 e. The van der Waals surface area contributed by atoms with Gasteiger partial charge in [-0.15, -0.1) is 0 Å². The minimum atomic E-state index is 0.712. The van der Waals surface area contributed by atoms with E-state index < -0.39 is 0 Å². The van der Waals surface area contributed by atoms with Crippen LogP contribution in [0.3, 0.4) is 0 Å². The molecular weight excluding hydrogens is 240 g/mol. The van der Waals surface area contributed by atoms with Crippen molar-refractivity contribution >= 4 is 0 Å². The Balaban J connectivity index is 1.72. The van der Waals surface area contributed by atoms with E-state index in [0.29, 0.717) is 5.92 Å². The molecule has 4 nitrogen and oxygen atoms in total. The van der Waals surface area contributed by atoms with Gasteiger partial charge in [0, 0.05) is 26.2 Å². The Kier molecular flexibility index (Phi) is 5.48. The van der Waals surface area contributed by atoms with Crippen molar-refractivity contribution in [3.63, 3.8) is 0 Å². The van der Waals surface area contributed by atoms with Crippen molar-refractivity contribution < 1.29 is 9.47 Å². The lowest BCUT2D eigenvalue weighted by Gasteiger charge is -2.21. The third-order valence-electron chi connectivity index (χ3n) is 3.40. The molecule has 0 radical (unpaired) electrons. The number of nitrogens with zero attached hydrogens (tertiary/aromatic N) is 1. The van der Waals surface area contributed by atoms with Crippen molar-refractivity contribution in [1.82, 2.24) is 10.2 Å². The largest absolute Gasteiger partial charge is 0.497 e. The number of methoxy groups -OCH3 is 1. The van der Waals surface area contributed by atoms with E-state index in [-0.39, 0.29) is 0 Å². The predicted molar refractivity (Wildman–Crippen MR) is 77.0 cm³/mol. The molecule has 1 heterocycles. The minimum absolute atomic E-state index is 0.712. The molecule has 1 saturated heterocycles. The summed E-state index contributed by atoms with van der Waals surface area (Å²) in [6.45, 7) is 8.46. The first-order valence-corrected chi connectivity index (χ1v) is 6.98. The fourth-order valence-electron chi connectivity index (χ4n) is 2.35.